The van der Waals surface area contributed by atoms with Gasteiger partial charge in [0.15, 0.2) is 0 Å². The van der Waals surface area contributed by atoms with Crippen molar-refractivity contribution in [3.63, 3.8) is 0 Å². The highest BCUT2D eigenvalue weighted by Gasteiger charge is 2.22. The van der Waals surface area contributed by atoms with E-state index in [1.54, 1.807) is 0 Å². The van der Waals surface area contributed by atoms with E-state index in [9.17, 15) is 5.11 Å². The van der Waals surface area contributed by atoms with Crippen molar-refractivity contribution in [1.29, 1.82) is 0 Å². The van der Waals surface area contributed by atoms with Gasteiger partial charge < -0.3 is 5.11 Å². The van der Waals surface area contributed by atoms with Crippen LogP contribution in [0.25, 0.3) is 0 Å². The molecule has 1 heteroatoms. The van der Waals surface area contributed by atoms with Gasteiger partial charge in [-0.05, 0) is 31.4 Å². The molecule has 1 N–H and O–H groups in total. The Hall–Kier alpha value is -0.820. The molecule has 0 aliphatic heterocycles. The molecule has 13 heavy (non-hydrogen) atoms. The van der Waals surface area contributed by atoms with Gasteiger partial charge in [-0.2, -0.15) is 0 Å². The lowest BCUT2D eigenvalue weighted by atomic mass is 9.88. The molecule has 0 amide bonds. The molecule has 0 bridgehead atoms. The molecule has 0 spiro atoms. The third-order valence-corrected chi connectivity index (χ3v) is 2.46. The summed E-state index contributed by atoms with van der Waals surface area (Å²) in [6, 6.07) is 8.03. The van der Waals surface area contributed by atoms with Crippen LogP contribution in [-0.4, -0.2) is 5.11 Å². The first-order chi connectivity index (χ1) is 6.08. The Labute approximate surface area is 80.4 Å². The lowest BCUT2D eigenvalue weighted by molar-refractivity contribution is 0.0463. The van der Waals surface area contributed by atoms with Crippen molar-refractivity contribution in [1.82, 2.24) is 0 Å². The molecule has 1 nitrogen and oxygen atoms in total. The number of hydrogen-bond donors (Lipinski definition) is 1. The molecule has 0 heterocycles. The van der Waals surface area contributed by atoms with Crippen molar-refractivity contribution in [2.24, 2.45) is 0 Å². The Morgan fingerprint density at radius 1 is 1.31 bits per heavy atom. The molecular weight excluding hydrogens is 160 g/mol. The zero-order valence-corrected chi connectivity index (χ0v) is 8.67. The van der Waals surface area contributed by atoms with Crippen molar-refractivity contribution in [2.75, 3.05) is 0 Å². The first kappa shape index (κ1) is 10.3. The highest BCUT2D eigenvalue weighted by molar-refractivity contribution is 5.30. The van der Waals surface area contributed by atoms with Gasteiger partial charge in [0.25, 0.3) is 0 Å². The van der Waals surface area contributed by atoms with E-state index >= 15 is 0 Å². The van der Waals surface area contributed by atoms with Crippen LogP contribution in [0.1, 0.15) is 37.8 Å². The number of rotatable bonds is 3. The van der Waals surface area contributed by atoms with E-state index in [2.05, 4.69) is 6.92 Å². The average Bonchev–Trinajstić information content (AvgIpc) is 2.04. The van der Waals surface area contributed by atoms with Gasteiger partial charge in [-0.1, -0.05) is 37.6 Å². The topological polar surface area (TPSA) is 20.2 Å². The standard InChI is InChI=1S/C12H18O/c1-4-9-12(3,13)11-8-6-5-7-10(11)2/h5-8,13H,4,9H2,1-3H3/t12-/m1/s1. The fraction of sp³-hybridized carbons (Fsp3) is 0.500. The number of benzene rings is 1. The summed E-state index contributed by atoms with van der Waals surface area (Å²) in [7, 11) is 0. The molecule has 1 aromatic carbocycles. The zero-order valence-electron chi connectivity index (χ0n) is 8.67. The van der Waals surface area contributed by atoms with Crippen LogP contribution >= 0.6 is 0 Å². The molecule has 0 aliphatic carbocycles. The van der Waals surface area contributed by atoms with Gasteiger partial charge in [-0.15, -0.1) is 0 Å². The molecule has 1 rings (SSSR count). The normalized spacial score (nSPS) is 15.4. The molecule has 0 fully saturated rings. The maximum atomic E-state index is 10.2. The third kappa shape index (κ3) is 2.31. The zero-order chi connectivity index (χ0) is 9.90. The lowest BCUT2D eigenvalue weighted by Gasteiger charge is -2.25. The van der Waals surface area contributed by atoms with Crippen LogP contribution in [0.5, 0.6) is 0 Å². The molecule has 0 aromatic heterocycles. The van der Waals surface area contributed by atoms with Crippen LogP contribution in [0, 0.1) is 6.92 Å². The highest BCUT2D eigenvalue weighted by atomic mass is 16.3. The van der Waals surface area contributed by atoms with Crippen LogP contribution in [0.4, 0.5) is 0 Å². The van der Waals surface area contributed by atoms with Crippen LogP contribution in [0.15, 0.2) is 24.3 Å². The smallest absolute Gasteiger partial charge is 0.0871 e. The first-order valence-electron chi connectivity index (χ1n) is 4.86. The highest BCUT2D eigenvalue weighted by Crippen LogP contribution is 2.27. The molecule has 0 unspecified atom stereocenters. The second-order valence-electron chi connectivity index (χ2n) is 3.84. The van der Waals surface area contributed by atoms with Gasteiger partial charge >= 0.3 is 0 Å². The molecular formula is C12H18O. The van der Waals surface area contributed by atoms with E-state index in [4.69, 9.17) is 0 Å². The lowest BCUT2D eigenvalue weighted by Crippen LogP contribution is -2.21. The van der Waals surface area contributed by atoms with E-state index in [0.717, 1.165) is 18.4 Å². The van der Waals surface area contributed by atoms with Crippen LogP contribution in [0.2, 0.25) is 0 Å². The van der Waals surface area contributed by atoms with Crippen molar-refractivity contribution in [3.05, 3.63) is 35.4 Å². The summed E-state index contributed by atoms with van der Waals surface area (Å²) in [6.45, 7) is 6.02. The maximum Gasteiger partial charge on any atom is 0.0871 e. The van der Waals surface area contributed by atoms with E-state index in [1.807, 2.05) is 38.1 Å². The summed E-state index contributed by atoms with van der Waals surface area (Å²) in [5.74, 6) is 0. The minimum absolute atomic E-state index is 0.667. The Morgan fingerprint density at radius 3 is 2.46 bits per heavy atom. The van der Waals surface area contributed by atoms with Gasteiger partial charge in [-0.3, -0.25) is 0 Å². The molecule has 1 aromatic rings. The van der Waals surface area contributed by atoms with Gasteiger partial charge in [-0.25, -0.2) is 0 Å². The fourth-order valence-corrected chi connectivity index (χ4v) is 1.80. The van der Waals surface area contributed by atoms with Crippen molar-refractivity contribution in [2.45, 2.75) is 39.2 Å². The summed E-state index contributed by atoms with van der Waals surface area (Å²) in [5, 5.41) is 10.2. The predicted molar refractivity (Wildman–Crippen MR) is 55.7 cm³/mol. The summed E-state index contributed by atoms with van der Waals surface area (Å²) < 4.78 is 0. The number of aliphatic hydroxyl groups is 1. The SMILES string of the molecule is CCC[C@@](C)(O)c1ccccc1C. The van der Waals surface area contributed by atoms with Gasteiger partial charge in [0.1, 0.15) is 0 Å². The second-order valence-corrected chi connectivity index (χ2v) is 3.84. The molecule has 0 saturated heterocycles. The maximum absolute atomic E-state index is 10.2. The Balaban J connectivity index is 2.99. The van der Waals surface area contributed by atoms with Crippen LogP contribution in [0.3, 0.4) is 0 Å². The predicted octanol–water partition coefficient (Wildman–Crippen LogP) is 3.00. The summed E-state index contributed by atoms with van der Waals surface area (Å²) in [6.07, 6.45) is 1.82. The third-order valence-electron chi connectivity index (χ3n) is 2.46. The largest absolute Gasteiger partial charge is 0.385 e. The Bertz CT molecular complexity index is 276. The second kappa shape index (κ2) is 3.93. The number of hydrogen-bond acceptors (Lipinski definition) is 1. The van der Waals surface area contributed by atoms with Gasteiger partial charge in [0, 0.05) is 0 Å². The molecule has 1 atom stereocenters. The van der Waals surface area contributed by atoms with Crippen LogP contribution in [-0.2, 0) is 5.60 Å². The van der Waals surface area contributed by atoms with E-state index in [1.165, 1.54) is 5.56 Å². The van der Waals surface area contributed by atoms with Gasteiger partial charge in [0.2, 0.25) is 0 Å². The monoisotopic (exact) mass is 178 g/mol. The van der Waals surface area contributed by atoms with Gasteiger partial charge in [0.05, 0.1) is 5.60 Å². The minimum Gasteiger partial charge on any atom is -0.385 e. The molecule has 0 saturated carbocycles. The van der Waals surface area contributed by atoms with Crippen molar-refractivity contribution < 1.29 is 5.11 Å². The minimum atomic E-state index is -0.667. The quantitative estimate of drug-likeness (QED) is 0.754. The molecule has 0 radical (unpaired) electrons. The van der Waals surface area contributed by atoms with Crippen molar-refractivity contribution >= 4 is 0 Å². The molecule has 72 valence electrons. The van der Waals surface area contributed by atoms with E-state index < -0.39 is 5.60 Å². The molecule has 0 aliphatic rings. The average molecular weight is 178 g/mol. The summed E-state index contributed by atoms with van der Waals surface area (Å²) in [5.41, 5.74) is 1.55. The van der Waals surface area contributed by atoms with Crippen molar-refractivity contribution in [3.8, 4) is 0 Å². The van der Waals surface area contributed by atoms with E-state index in [0.29, 0.717) is 0 Å². The Kier molecular flexibility index (Phi) is 3.10. The fourth-order valence-electron chi connectivity index (χ4n) is 1.80. The Morgan fingerprint density at radius 2 is 1.92 bits per heavy atom. The summed E-state index contributed by atoms with van der Waals surface area (Å²) >= 11 is 0. The number of aryl methyl sites for hydroxylation is 1. The summed E-state index contributed by atoms with van der Waals surface area (Å²) in [4.78, 5) is 0. The van der Waals surface area contributed by atoms with E-state index in [-0.39, 0.29) is 0 Å². The first-order valence-corrected chi connectivity index (χ1v) is 4.86. The van der Waals surface area contributed by atoms with Crippen LogP contribution < -0.4 is 0 Å².